The Bertz CT molecular complexity index is 104. The molecule has 0 fully saturated rings. The van der Waals surface area contributed by atoms with Crippen LogP contribution >= 0.6 is 11.6 Å². The third-order valence-electron chi connectivity index (χ3n) is 3.43. The summed E-state index contributed by atoms with van der Waals surface area (Å²) in [5.41, 5.74) is 0. The van der Waals surface area contributed by atoms with Crippen LogP contribution in [0.3, 0.4) is 0 Å². The maximum Gasteiger partial charge on any atom is 0.0367 e. The van der Waals surface area contributed by atoms with E-state index in [4.69, 9.17) is 11.6 Å². The summed E-state index contributed by atoms with van der Waals surface area (Å²) in [6, 6.07) is 4.75. The standard InChI is InChI=1S/C14H31ClSi/c1-3-5-8-12-16(13-9-6-4-2)14-10-7-11-15/h16H,3-14H2,1-2H3. The minimum Gasteiger partial charge on any atom is -0.127 e. The molecule has 0 spiro atoms. The molecule has 98 valence electrons. The summed E-state index contributed by atoms with van der Waals surface area (Å²) in [7, 11) is -0.387. The van der Waals surface area contributed by atoms with Crippen molar-refractivity contribution in [2.45, 2.75) is 83.3 Å². The highest BCUT2D eigenvalue weighted by molar-refractivity contribution is 6.58. The molecule has 0 saturated carbocycles. The third kappa shape index (κ3) is 11.0. The second kappa shape index (κ2) is 13.6. The second-order valence-electron chi connectivity index (χ2n) is 5.04. The Balaban J connectivity index is 3.58. The summed E-state index contributed by atoms with van der Waals surface area (Å²) < 4.78 is 0. The molecule has 0 aromatic carbocycles. The first-order valence-electron chi connectivity index (χ1n) is 7.41. The molecule has 0 heterocycles. The van der Waals surface area contributed by atoms with E-state index in [9.17, 15) is 0 Å². The van der Waals surface area contributed by atoms with Crippen molar-refractivity contribution in [3.8, 4) is 0 Å². The van der Waals surface area contributed by atoms with Gasteiger partial charge in [-0.1, -0.05) is 76.9 Å². The van der Waals surface area contributed by atoms with Gasteiger partial charge in [-0.3, -0.25) is 0 Å². The fourth-order valence-electron chi connectivity index (χ4n) is 2.33. The molecule has 0 rings (SSSR count). The lowest BCUT2D eigenvalue weighted by Crippen LogP contribution is -2.11. The van der Waals surface area contributed by atoms with Gasteiger partial charge in [0.25, 0.3) is 0 Å². The van der Waals surface area contributed by atoms with Gasteiger partial charge in [0.05, 0.1) is 0 Å². The van der Waals surface area contributed by atoms with Gasteiger partial charge in [-0.05, 0) is 6.42 Å². The lowest BCUT2D eigenvalue weighted by atomic mass is 10.3. The molecule has 0 saturated heterocycles. The van der Waals surface area contributed by atoms with Crippen molar-refractivity contribution < 1.29 is 0 Å². The molecule has 0 aliphatic heterocycles. The van der Waals surface area contributed by atoms with Gasteiger partial charge in [0.1, 0.15) is 0 Å². The first-order chi connectivity index (χ1) is 7.85. The maximum absolute atomic E-state index is 5.75. The summed E-state index contributed by atoms with van der Waals surface area (Å²) >= 11 is 5.75. The van der Waals surface area contributed by atoms with E-state index in [-0.39, 0.29) is 8.80 Å². The first-order valence-corrected chi connectivity index (χ1v) is 10.4. The third-order valence-corrected chi connectivity index (χ3v) is 7.37. The molecule has 0 radical (unpaired) electrons. The fraction of sp³-hybridized carbons (Fsp3) is 1.00. The predicted octanol–water partition coefficient (Wildman–Crippen LogP) is 5.61. The van der Waals surface area contributed by atoms with Crippen molar-refractivity contribution in [2.24, 2.45) is 0 Å². The molecule has 0 bridgehead atoms. The van der Waals surface area contributed by atoms with E-state index >= 15 is 0 Å². The SMILES string of the molecule is CCCCC[SiH](CCCCC)CCCCCl. The molecule has 0 unspecified atom stereocenters. The summed E-state index contributed by atoms with van der Waals surface area (Å²) in [6.07, 6.45) is 11.3. The molecule has 2 heteroatoms. The van der Waals surface area contributed by atoms with Gasteiger partial charge in [-0.2, -0.15) is 0 Å². The van der Waals surface area contributed by atoms with Gasteiger partial charge in [0.15, 0.2) is 0 Å². The number of halogens is 1. The largest absolute Gasteiger partial charge is 0.127 e. The zero-order chi connectivity index (χ0) is 12.1. The van der Waals surface area contributed by atoms with Crippen LogP contribution in [0.25, 0.3) is 0 Å². The van der Waals surface area contributed by atoms with E-state index in [1.807, 2.05) is 0 Å². The monoisotopic (exact) mass is 262 g/mol. The Morgan fingerprint density at radius 2 is 1.12 bits per heavy atom. The van der Waals surface area contributed by atoms with Gasteiger partial charge in [-0.15, -0.1) is 11.6 Å². The Labute approximate surface area is 110 Å². The van der Waals surface area contributed by atoms with Crippen LogP contribution in [-0.4, -0.2) is 14.7 Å². The Hall–Kier alpha value is 0.507. The number of alkyl halides is 1. The van der Waals surface area contributed by atoms with Crippen molar-refractivity contribution in [1.29, 1.82) is 0 Å². The van der Waals surface area contributed by atoms with E-state index in [2.05, 4.69) is 13.8 Å². The normalized spacial score (nSPS) is 11.2. The summed E-state index contributed by atoms with van der Waals surface area (Å²) in [5, 5.41) is 0. The molecule has 0 amide bonds. The average molecular weight is 263 g/mol. The van der Waals surface area contributed by atoms with Gasteiger partial charge in [-0.25, -0.2) is 0 Å². The number of unbranched alkanes of at least 4 members (excludes halogenated alkanes) is 5. The zero-order valence-corrected chi connectivity index (χ0v) is 13.4. The topological polar surface area (TPSA) is 0 Å². The number of hydrogen-bond donors (Lipinski definition) is 0. The lowest BCUT2D eigenvalue weighted by Gasteiger charge is -2.14. The Kier molecular flexibility index (Phi) is 14.0. The average Bonchev–Trinajstić information content (AvgIpc) is 2.29. The van der Waals surface area contributed by atoms with E-state index in [1.54, 1.807) is 18.1 Å². The highest BCUT2D eigenvalue weighted by atomic mass is 35.5. The van der Waals surface area contributed by atoms with Crippen LogP contribution in [0, 0.1) is 0 Å². The molecular formula is C14H31ClSi. The molecular weight excluding hydrogens is 232 g/mol. The van der Waals surface area contributed by atoms with Crippen molar-refractivity contribution in [3.63, 3.8) is 0 Å². The number of rotatable bonds is 12. The van der Waals surface area contributed by atoms with Crippen LogP contribution in [-0.2, 0) is 0 Å². The van der Waals surface area contributed by atoms with Crippen LogP contribution in [0.5, 0.6) is 0 Å². The quantitative estimate of drug-likeness (QED) is 0.244. The van der Waals surface area contributed by atoms with Crippen molar-refractivity contribution in [1.82, 2.24) is 0 Å². The van der Waals surface area contributed by atoms with Crippen molar-refractivity contribution >= 4 is 20.4 Å². The summed E-state index contributed by atoms with van der Waals surface area (Å²) in [4.78, 5) is 0. The molecule has 0 aliphatic carbocycles. The molecule has 0 aromatic rings. The van der Waals surface area contributed by atoms with E-state index in [1.165, 1.54) is 51.4 Å². The second-order valence-corrected chi connectivity index (χ2v) is 8.88. The molecule has 0 aliphatic rings. The maximum atomic E-state index is 5.75. The predicted molar refractivity (Wildman–Crippen MR) is 80.6 cm³/mol. The van der Waals surface area contributed by atoms with Gasteiger partial charge < -0.3 is 0 Å². The molecule has 0 atom stereocenters. The number of hydrogen-bond acceptors (Lipinski definition) is 0. The van der Waals surface area contributed by atoms with E-state index in [0.29, 0.717) is 0 Å². The van der Waals surface area contributed by atoms with Gasteiger partial charge in [0.2, 0.25) is 0 Å². The minimum atomic E-state index is -0.387. The van der Waals surface area contributed by atoms with Crippen LogP contribution in [0.4, 0.5) is 0 Å². The van der Waals surface area contributed by atoms with Crippen LogP contribution in [0.1, 0.15) is 65.2 Å². The van der Waals surface area contributed by atoms with Crippen LogP contribution < -0.4 is 0 Å². The Morgan fingerprint density at radius 3 is 1.50 bits per heavy atom. The van der Waals surface area contributed by atoms with Gasteiger partial charge in [0, 0.05) is 14.7 Å². The molecule has 0 N–H and O–H groups in total. The van der Waals surface area contributed by atoms with E-state index in [0.717, 1.165) is 5.88 Å². The Morgan fingerprint density at radius 1 is 0.688 bits per heavy atom. The van der Waals surface area contributed by atoms with Crippen molar-refractivity contribution in [2.75, 3.05) is 5.88 Å². The lowest BCUT2D eigenvalue weighted by molar-refractivity contribution is 0.738. The van der Waals surface area contributed by atoms with Crippen molar-refractivity contribution in [3.05, 3.63) is 0 Å². The smallest absolute Gasteiger partial charge is 0.0367 e. The highest BCUT2D eigenvalue weighted by Crippen LogP contribution is 2.17. The van der Waals surface area contributed by atoms with Crippen LogP contribution in [0.2, 0.25) is 18.1 Å². The zero-order valence-electron chi connectivity index (χ0n) is 11.4. The van der Waals surface area contributed by atoms with Crippen LogP contribution in [0.15, 0.2) is 0 Å². The minimum absolute atomic E-state index is 0.387. The summed E-state index contributed by atoms with van der Waals surface area (Å²) in [6.45, 7) is 4.61. The summed E-state index contributed by atoms with van der Waals surface area (Å²) in [5.74, 6) is 0.866. The first kappa shape index (κ1) is 16.5. The fourth-order valence-corrected chi connectivity index (χ4v) is 5.98. The van der Waals surface area contributed by atoms with Gasteiger partial charge >= 0.3 is 0 Å². The van der Waals surface area contributed by atoms with E-state index < -0.39 is 0 Å². The highest BCUT2D eigenvalue weighted by Gasteiger charge is 2.09. The molecule has 0 aromatic heterocycles. The molecule has 16 heavy (non-hydrogen) atoms. The molecule has 0 nitrogen and oxygen atoms in total.